The molecule has 3 amide bonds. The number of unbranched alkanes of at least 4 members (excludes halogenated alkanes) is 1. The number of hydrogen-bond acceptors (Lipinski definition) is 3. The van der Waals surface area contributed by atoms with Crippen molar-refractivity contribution >= 4 is 23.4 Å². The average molecular weight is 483 g/mol. The van der Waals surface area contributed by atoms with Gasteiger partial charge >= 0.3 is 0 Å². The van der Waals surface area contributed by atoms with Crippen molar-refractivity contribution in [2.75, 3.05) is 5.32 Å². The number of carbonyl (C=O) groups excluding carboxylic acids is 3. The second kappa shape index (κ2) is 8.70. The standard InChI is InChI=1S/C30H27FN2O3/c1-2-3-12-23(28(34)32-18-15-13-17(31)14-16-18)33-29(35)26-24-19-8-4-5-9-20(19)25(27(26)30(33)36)22-11-7-6-10-21(22)24/h4-11,13-16,23-27H,2-3,12H2,1H3,(H,32,34)/t23-,24?,25?,26-,27-/m0/s1. The third kappa shape index (κ3) is 3.31. The van der Waals surface area contributed by atoms with Gasteiger partial charge in [-0.25, -0.2) is 4.39 Å². The summed E-state index contributed by atoms with van der Waals surface area (Å²) >= 11 is 0. The van der Waals surface area contributed by atoms with Gasteiger partial charge in [0, 0.05) is 17.5 Å². The number of carbonyl (C=O) groups is 3. The van der Waals surface area contributed by atoms with Crippen LogP contribution in [0.3, 0.4) is 0 Å². The molecule has 3 aromatic rings. The Bertz CT molecular complexity index is 1250. The fourth-order valence-corrected chi connectivity index (χ4v) is 6.54. The highest BCUT2D eigenvalue weighted by molar-refractivity contribution is 6.11. The van der Waals surface area contributed by atoms with Crippen LogP contribution in [0.4, 0.5) is 10.1 Å². The fourth-order valence-electron chi connectivity index (χ4n) is 6.54. The Morgan fingerprint density at radius 2 is 1.31 bits per heavy atom. The zero-order valence-electron chi connectivity index (χ0n) is 20.0. The minimum absolute atomic E-state index is 0.208. The van der Waals surface area contributed by atoms with E-state index in [9.17, 15) is 18.8 Å². The molecule has 2 bridgehead atoms. The summed E-state index contributed by atoms with van der Waals surface area (Å²) < 4.78 is 13.4. The lowest BCUT2D eigenvalue weighted by Crippen LogP contribution is -2.48. The Hall–Kier alpha value is -3.80. The maximum atomic E-state index is 14.0. The number of anilines is 1. The molecule has 1 saturated heterocycles. The summed E-state index contributed by atoms with van der Waals surface area (Å²) in [5.74, 6) is -2.80. The van der Waals surface area contributed by atoms with E-state index in [1.165, 1.54) is 29.2 Å². The number of hydrogen-bond donors (Lipinski definition) is 1. The van der Waals surface area contributed by atoms with Gasteiger partial charge < -0.3 is 5.32 Å². The topological polar surface area (TPSA) is 66.5 Å². The molecule has 1 N–H and O–H groups in total. The monoisotopic (exact) mass is 482 g/mol. The molecule has 182 valence electrons. The maximum absolute atomic E-state index is 14.0. The van der Waals surface area contributed by atoms with E-state index in [0.717, 1.165) is 28.7 Å². The van der Waals surface area contributed by atoms with Gasteiger partial charge in [0.05, 0.1) is 11.8 Å². The lowest BCUT2D eigenvalue weighted by Gasteiger charge is -2.45. The van der Waals surface area contributed by atoms with Crippen molar-refractivity contribution in [3.8, 4) is 0 Å². The van der Waals surface area contributed by atoms with Crippen LogP contribution in [0.5, 0.6) is 0 Å². The summed E-state index contributed by atoms with van der Waals surface area (Å²) in [4.78, 5) is 42.8. The second-order valence-electron chi connectivity index (χ2n) is 9.97. The highest BCUT2D eigenvalue weighted by Gasteiger charge is 2.62. The van der Waals surface area contributed by atoms with E-state index in [4.69, 9.17) is 0 Å². The predicted octanol–water partition coefficient (Wildman–Crippen LogP) is 5.22. The molecular formula is C30H27FN2O3. The molecule has 3 aliphatic carbocycles. The van der Waals surface area contributed by atoms with Gasteiger partial charge in [-0.3, -0.25) is 19.3 Å². The quantitative estimate of drug-likeness (QED) is 0.490. The molecule has 1 heterocycles. The van der Waals surface area contributed by atoms with Crippen molar-refractivity contribution in [1.29, 1.82) is 0 Å². The first-order chi connectivity index (χ1) is 17.5. The molecule has 1 fully saturated rings. The first-order valence-electron chi connectivity index (χ1n) is 12.6. The molecule has 5 nitrogen and oxygen atoms in total. The van der Waals surface area contributed by atoms with Gasteiger partial charge in [0.1, 0.15) is 11.9 Å². The van der Waals surface area contributed by atoms with E-state index < -0.39 is 29.6 Å². The first kappa shape index (κ1) is 22.7. The predicted molar refractivity (Wildman–Crippen MR) is 134 cm³/mol. The molecule has 0 saturated carbocycles. The van der Waals surface area contributed by atoms with Crippen LogP contribution in [0.15, 0.2) is 72.8 Å². The number of benzene rings is 3. The molecule has 6 heteroatoms. The van der Waals surface area contributed by atoms with Crippen molar-refractivity contribution in [2.45, 2.75) is 44.1 Å². The van der Waals surface area contributed by atoms with Crippen LogP contribution in [0.25, 0.3) is 0 Å². The normalized spacial score (nSPS) is 24.2. The smallest absolute Gasteiger partial charge is 0.247 e. The minimum Gasteiger partial charge on any atom is -0.324 e. The minimum atomic E-state index is -0.911. The highest BCUT2D eigenvalue weighted by atomic mass is 19.1. The summed E-state index contributed by atoms with van der Waals surface area (Å²) in [6.07, 6.45) is 1.91. The van der Waals surface area contributed by atoms with E-state index in [0.29, 0.717) is 18.5 Å². The van der Waals surface area contributed by atoms with Gasteiger partial charge in [-0.2, -0.15) is 0 Å². The van der Waals surface area contributed by atoms with Gasteiger partial charge in [-0.15, -0.1) is 0 Å². The third-order valence-electron chi connectivity index (χ3n) is 8.04. The van der Waals surface area contributed by atoms with Crippen molar-refractivity contribution in [2.24, 2.45) is 11.8 Å². The molecular weight excluding hydrogens is 455 g/mol. The largest absolute Gasteiger partial charge is 0.324 e. The number of nitrogens with zero attached hydrogens (tertiary/aromatic N) is 1. The molecule has 3 atom stereocenters. The summed E-state index contributed by atoms with van der Waals surface area (Å²) in [6.45, 7) is 2.01. The van der Waals surface area contributed by atoms with E-state index in [1.54, 1.807) is 0 Å². The molecule has 1 aliphatic heterocycles. The summed E-state index contributed by atoms with van der Waals surface area (Å²) in [5, 5.41) is 2.80. The second-order valence-corrected chi connectivity index (χ2v) is 9.97. The van der Waals surface area contributed by atoms with Gasteiger partial charge in [-0.1, -0.05) is 68.3 Å². The molecule has 4 aliphatic rings. The van der Waals surface area contributed by atoms with Crippen molar-refractivity contribution in [3.05, 3.63) is 101 Å². The number of amides is 3. The maximum Gasteiger partial charge on any atom is 0.247 e. The van der Waals surface area contributed by atoms with Crippen LogP contribution in [0.1, 0.15) is 60.3 Å². The SMILES string of the molecule is CCCC[C@@H](C(=O)Nc1ccc(F)cc1)N1C(=O)[C@H]2C3c4ccccc4C(c4ccccc43)[C@@H]2C1=O. The number of nitrogens with one attached hydrogen (secondary N) is 1. The molecule has 7 rings (SSSR count). The lowest BCUT2D eigenvalue weighted by atomic mass is 9.55. The Morgan fingerprint density at radius 3 is 1.75 bits per heavy atom. The van der Waals surface area contributed by atoms with Crippen molar-refractivity contribution in [3.63, 3.8) is 0 Å². The summed E-state index contributed by atoms with van der Waals surface area (Å²) in [7, 11) is 0. The Labute approximate surface area is 209 Å². The number of rotatable bonds is 6. The Kier molecular flexibility index (Phi) is 5.47. The molecule has 0 spiro atoms. The van der Waals surface area contributed by atoms with Crippen LogP contribution in [-0.2, 0) is 14.4 Å². The Balaban J connectivity index is 1.39. The van der Waals surface area contributed by atoms with Crippen LogP contribution in [0, 0.1) is 17.7 Å². The van der Waals surface area contributed by atoms with E-state index in [2.05, 4.69) is 29.6 Å². The van der Waals surface area contributed by atoms with Crippen molar-refractivity contribution < 1.29 is 18.8 Å². The molecule has 36 heavy (non-hydrogen) atoms. The number of imide groups is 1. The number of halogens is 1. The molecule has 0 radical (unpaired) electrons. The van der Waals surface area contributed by atoms with E-state index in [1.807, 2.05) is 31.2 Å². The lowest BCUT2D eigenvalue weighted by molar-refractivity contribution is -0.147. The van der Waals surface area contributed by atoms with Crippen LogP contribution >= 0.6 is 0 Å². The highest BCUT2D eigenvalue weighted by Crippen LogP contribution is 2.61. The molecule has 0 unspecified atom stereocenters. The molecule has 0 aromatic heterocycles. The summed E-state index contributed by atoms with van der Waals surface area (Å²) in [5.41, 5.74) is 4.84. The Morgan fingerprint density at radius 1 is 0.833 bits per heavy atom. The zero-order chi connectivity index (χ0) is 25.0. The fraction of sp³-hybridized carbons (Fsp3) is 0.300. The third-order valence-corrected chi connectivity index (χ3v) is 8.04. The average Bonchev–Trinajstić information content (AvgIpc) is 3.16. The van der Waals surface area contributed by atoms with Crippen LogP contribution in [-0.4, -0.2) is 28.7 Å². The summed E-state index contributed by atoms with van der Waals surface area (Å²) in [6, 6.07) is 20.8. The number of likely N-dealkylation sites (tertiary alicyclic amines) is 1. The molecule has 3 aromatic carbocycles. The van der Waals surface area contributed by atoms with Crippen molar-refractivity contribution in [1.82, 2.24) is 4.90 Å². The zero-order valence-corrected chi connectivity index (χ0v) is 20.0. The van der Waals surface area contributed by atoms with Crippen LogP contribution in [0.2, 0.25) is 0 Å². The first-order valence-corrected chi connectivity index (χ1v) is 12.6. The van der Waals surface area contributed by atoms with Gasteiger partial charge in [0.2, 0.25) is 17.7 Å². The van der Waals surface area contributed by atoms with Crippen LogP contribution < -0.4 is 5.32 Å². The van der Waals surface area contributed by atoms with Gasteiger partial charge in [0.15, 0.2) is 0 Å². The van der Waals surface area contributed by atoms with Gasteiger partial charge in [0.25, 0.3) is 0 Å². The van der Waals surface area contributed by atoms with E-state index >= 15 is 0 Å². The van der Waals surface area contributed by atoms with E-state index in [-0.39, 0.29) is 23.7 Å². The van der Waals surface area contributed by atoms with Gasteiger partial charge in [-0.05, 0) is 52.9 Å².